The number of hydrogen-bond donors (Lipinski definition) is 1. The van der Waals surface area contributed by atoms with E-state index in [4.69, 9.17) is 23.2 Å². The molecule has 3 aromatic carbocycles. The molecule has 0 saturated heterocycles. The molecule has 0 fully saturated rings. The molecule has 0 spiro atoms. The lowest BCUT2D eigenvalue weighted by Gasteiger charge is -2.33. The summed E-state index contributed by atoms with van der Waals surface area (Å²) in [5.74, 6) is -0.816. The van der Waals surface area contributed by atoms with Crippen molar-refractivity contribution in [1.82, 2.24) is 10.2 Å². The Morgan fingerprint density at radius 3 is 2.11 bits per heavy atom. The number of carbonyl (C=O) groups excluding carboxylic acids is 2. The average molecular weight is 577 g/mol. The van der Waals surface area contributed by atoms with Crippen LogP contribution in [-0.2, 0) is 26.2 Å². The molecule has 7 nitrogen and oxygen atoms in total. The van der Waals surface area contributed by atoms with Gasteiger partial charge in [-0.1, -0.05) is 85.6 Å². The smallest absolute Gasteiger partial charge is 0.264 e. The summed E-state index contributed by atoms with van der Waals surface area (Å²) in [6, 6.07) is 20.7. The average Bonchev–Trinajstić information content (AvgIpc) is 2.92. The largest absolute Gasteiger partial charge is 0.354 e. The molecule has 1 atom stereocenters. The van der Waals surface area contributed by atoms with Gasteiger partial charge in [-0.05, 0) is 48.7 Å². The maximum absolute atomic E-state index is 13.9. The molecule has 0 bridgehead atoms. The van der Waals surface area contributed by atoms with E-state index in [1.165, 1.54) is 35.2 Å². The first-order valence-corrected chi connectivity index (χ1v) is 14.5. The summed E-state index contributed by atoms with van der Waals surface area (Å²) in [5.41, 5.74) is 0.995. The third kappa shape index (κ3) is 7.28. The molecule has 0 heterocycles. The summed E-state index contributed by atoms with van der Waals surface area (Å²) >= 11 is 12.3. The van der Waals surface area contributed by atoms with Crippen LogP contribution in [-0.4, -0.2) is 44.3 Å². The van der Waals surface area contributed by atoms with Crippen LogP contribution in [0.2, 0.25) is 10.0 Å². The van der Waals surface area contributed by atoms with E-state index in [0.717, 1.165) is 16.3 Å². The van der Waals surface area contributed by atoms with Crippen molar-refractivity contribution in [3.63, 3.8) is 0 Å². The van der Waals surface area contributed by atoms with Crippen molar-refractivity contribution in [2.45, 2.75) is 44.2 Å². The number of anilines is 1. The molecule has 0 aliphatic heterocycles. The predicted octanol–water partition coefficient (Wildman–Crippen LogP) is 5.52. The number of carbonyl (C=O) groups is 2. The second-order valence-electron chi connectivity index (χ2n) is 8.65. The quantitative estimate of drug-likeness (QED) is 0.308. The van der Waals surface area contributed by atoms with E-state index in [9.17, 15) is 18.0 Å². The second-order valence-corrected chi connectivity index (χ2v) is 11.3. The van der Waals surface area contributed by atoms with E-state index in [1.54, 1.807) is 18.2 Å². The first kappa shape index (κ1) is 29.5. The Morgan fingerprint density at radius 1 is 0.895 bits per heavy atom. The van der Waals surface area contributed by atoms with Gasteiger partial charge in [-0.15, -0.1) is 0 Å². The molecule has 0 unspecified atom stereocenters. The van der Waals surface area contributed by atoms with Crippen LogP contribution < -0.4 is 9.62 Å². The third-order valence-corrected chi connectivity index (χ3v) is 8.46. The maximum atomic E-state index is 13.9. The van der Waals surface area contributed by atoms with E-state index in [0.29, 0.717) is 13.0 Å². The van der Waals surface area contributed by atoms with E-state index in [1.807, 2.05) is 44.2 Å². The monoisotopic (exact) mass is 575 g/mol. The Bertz CT molecular complexity index is 1340. The predicted molar refractivity (Wildman–Crippen MR) is 152 cm³/mol. The second kappa shape index (κ2) is 13.6. The van der Waals surface area contributed by atoms with Crippen molar-refractivity contribution in [3.8, 4) is 0 Å². The molecule has 0 aromatic heterocycles. The number of rotatable bonds is 12. The molecule has 10 heteroatoms. The lowest BCUT2D eigenvalue weighted by molar-refractivity contribution is -0.140. The van der Waals surface area contributed by atoms with Gasteiger partial charge >= 0.3 is 0 Å². The van der Waals surface area contributed by atoms with Crippen LogP contribution >= 0.6 is 23.2 Å². The van der Waals surface area contributed by atoms with Gasteiger partial charge in [0.25, 0.3) is 10.0 Å². The summed E-state index contributed by atoms with van der Waals surface area (Å²) in [7, 11) is -4.17. The fourth-order valence-electron chi connectivity index (χ4n) is 3.95. The zero-order valence-corrected chi connectivity index (χ0v) is 23.6. The Hall–Kier alpha value is -3.07. The number of hydrogen-bond acceptors (Lipinski definition) is 4. The highest BCUT2D eigenvalue weighted by atomic mass is 35.5. The normalized spacial score (nSPS) is 12.0. The van der Waals surface area contributed by atoms with Gasteiger partial charge in [0.05, 0.1) is 20.6 Å². The highest BCUT2D eigenvalue weighted by molar-refractivity contribution is 7.92. The molecule has 0 radical (unpaired) electrons. The lowest BCUT2D eigenvalue weighted by atomic mass is 10.1. The van der Waals surface area contributed by atoms with Crippen LogP contribution in [0.5, 0.6) is 0 Å². The van der Waals surface area contributed by atoms with Gasteiger partial charge in [-0.3, -0.25) is 13.9 Å². The first-order valence-electron chi connectivity index (χ1n) is 12.3. The van der Waals surface area contributed by atoms with Gasteiger partial charge in [0.15, 0.2) is 0 Å². The van der Waals surface area contributed by atoms with E-state index in [2.05, 4.69) is 5.32 Å². The topological polar surface area (TPSA) is 86.8 Å². The molecule has 202 valence electrons. The Kier molecular flexibility index (Phi) is 10.6. The molecule has 0 saturated carbocycles. The van der Waals surface area contributed by atoms with Crippen molar-refractivity contribution >= 4 is 50.7 Å². The lowest BCUT2D eigenvalue weighted by Crippen LogP contribution is -2.52. The van der Waals surface area contributed by atoms with Crippen LogP contribution in [0.15, 0.2) is 83.8 Å². The van der Waals surface area contributed by atoms with Crippen LogP contribution in [0.4, 0.5) is 5.69 Å². The van der Waals surface area contributed by atoms with Crippen LogP contribution in [0.3, 0.4) is 0 Å². The van der Waals surface area contributed by atoms with Gasteiger partial charge in [0.2, 0.25) is 11.8 Å². The minimum absolute atomic E-state index is 0.0150. The zero-order chi connectivity index (χ0) is 27.7. The molecular formula is C28H31Cl2N3O4S. The minimum atomic E-state index is -4.17. The molecular weight excluding hydrogens is 545 g/mol. The highest BCUT2D eigenvalue weighted by Gasteiger charge is 2.33. The Balaban J connectivity index is 2.05. The molecule has 0 aliphatic carbocycles. The molecule has 2 amide bonds. The summed E-state index contributed by atoms with van der Waals surface area (Å²) < 4.78 is 28.5. The number of nitrogens with one attached hydrogen (secondary N) is 1. The molecule has 38 heavy (non-hydrogen) atoms. The van der Waals surface area contributed by atoms with E-state index in [-0.39, 0.29) is 33.1 Å². The number of benzene rings is 3. The van der Waals surface area contributed by atoms with Gasteiger partial charge in [0, 0.05) is 13.1 Å². The first-order chi connectivity index (χ1) is 18.2. The number of sulfonamides is 1. The molecule has 0 aliphatic rings. The fourth-order valence-corrected chi connectivity index (χ4v) is 5.67. The standard InChI is InChI=1S/C28H31Cl2N3O4S/c1-3-17-31-28(35)26(4-2)32(19-21-11-7-5-8-12-21)27(34)20-33(22-15-16-24(29)25(30)18-22)38(36,37)23-13-9-6-10-14-23/h5-16,18,26H,3-4,17,19-20H2,1-2H3,(H,31,35)/t26-/m1/s1. The third-order valence-electron chi connectivity index (χ3n) is 5.93. The van der Waals surface area contributed by atoms with Gasteiger partial charge in [-0.25, -0.2) is 8.42 Å². The Labute approximate surface area is 234 Å². The number of halogens is 2. The van der Waals surface area contributed by atoms with Crippen molar-refractivity contribution in [1.29, 1.82) is 0 Å². The molecule has 3 rings (SSSR count). The molecule has 3 aromatic rings. The van der Waals surface area contributed by atoms with Crippen molar-refractivity contribution in [2.75, 3.05) is 17.4 Å². The van der Waals surface area contributed by atoms with Crippen LogP contribution in [0, 0.1) is 0 Å². The van der Waals surface area contributed by atoms with Crippen molar-refractivity contribution < 1.29 is 18.0 Å². The fraction of sp³-hybridized carbons (Fsp3) is 0.286. The summed E-state index contributed by atoms with van der Waals surface area (Å²) in [4.78, 5) is 28.4. The maximum Gasteiger partial charge on any atom is 0.264 e. The van der Waals surface area contributed by atoms with Gasteiger partial charge in [0.1, 0.15) is 12.6 Å². The van der Waals surface area contributed by atoms with Crippen LogP contribution in [0.1, 0.15) is 32.3 Å². The SMILES string of the molecule is CCCNC(=O)[C@@H](CC)N(Cc1ccccc1)C(=O)CN(c1ccc(Cl)c(Cl)c1)S(=O)(=O)c1ccccc1. The van der Waals surface area contributed by atoms with Crippen molar-refractivity contribution in [2.24, 2.45) is 0 Å². The summed E-state index contributed by atoms with van der Waals surface area (Å²) in [5, 5.41) is 3.26. The number of nitrogens with zero attached hydrogens (tertiary/aromatic N) is 2. The van der Waals surface area contributed by atoms with Gasteiger partial charge < -0.3 is 10.2 Å². The van der Waals surface area contributed by atoms with Crippen LogP contribution in [0.25, 0.3) is 0 Å². The summed E-state index contributed by atoms with van der Waals surface area (Å²) in [6.45, 7) is 3.83. The minimum Gasteiger partial charge on any atom is -0.354 e. The Morgan fingerprint density at radius 2 is 1.53 bits per heavy atom. The van der Waals surface area contributed by atoms with Crippen molar-refractivity contribution in [3.05, 3.63) is 94.5 Å². The molecule has 1 N–H and O–H groups in total. The zero-order valence-electron chi connectivity index (χ0n) is 21.3. The highest BCUT2D eigenvalue weighted by Crippen LogP contribution is 2.31. The van der Waals surface area contributed by atoms with E-state index < -0.39 is 28.5 Å². The number of amides is 2. The van der Waals surface area contributed by atoms with Gasteiger partial charge in [-0.2, -0.15) is 0 Å². The summed E-state index contributed by atoms with van der Waals surface area (Å²) in [6.07, 6.45) is 1.10. The van der Waals surface area contributed by atoms with E-state index >= 15 is 0 Å².